The molecule has 3 rings (SSSR count). The molecule has 2 aromatic carbocycles. The van der Waals surface area contributed by atoms with Crippen LogP contribution in [0.5, 0.6) is 11.5 Å². The maximum absolute atomic E-state index is 12.5. The molecule has 0 saturated carbocycles. The number of hydrogen-bond acceptors (Lipinski definition) is 6. The maximum Gasteiger partial charge on any atom is 0.321 e. The molecule has 9 heteroatoms. The Balaban J connectivity index is 1.63. The third-order valence-electron chi connectivity index (χ3n) is 4.00. The zero-order valence-electron chi connectivity index (χ0n) is 15.4. The lowest BCUT2D eigenvalue weighted by molar-refractivity contribution is -0.120. The Morgan fingerprint density at radius 2 is 1.75 bits per heavy atom. The number of fused-ring (bicyclic) bond motifs is 1. The summed E-state index contributed by atoms with van der Waals surface area (Å²) in [7, 11) is 1.42. The SMILES string of the molecule is CNC(=O)NC(=O)C(C)Nc1cccc(NC(=O)c2ccc3c(c2)OCO3)c1. The highest BCUT2D eigenvalue weighted by Crippen LogP contribution is 2.32. The van der Waals surface area contributed by atoms with Crippen molar-refractivity contribution < 1.29 is 23.9 Å². The number of rotatable bonds is 5. The highest BCUT2D eigenvalue weighted by Gasteiger charge is 2.17. The quantitative estimate of drug-likeness (QED) is 0.626. The second kappa shape index (κ2) is 8.30. The molecule has 0 saturated heterocycles. The molecule has 0 aliphatic carbocycles. The molecule has 0 bridgehead atoms. The Bertz CT molecular complexity index is 915. The molecule has 0 aromatic heterocycles. The number of hydrogen-bond donors (Lipinski definition) is 4. The number of nitrogens with one attached hydrogen (secondary N) is 4. The van der Waals surface area contributed by atoms with E-state index in [4.69, 9.17) is 9.47 Å². The minimum Gasteiger partial charge on any atom is -0.454 e. The Morgan fingerprint density at radius 3 is 2.54 bits per heavy atom. The number of imide groups is 1. The number of anilines is 2. The molecule has 1 unspecified atom stereocenters. The summed E-state index contributed by atoms with van der Waals surface area (Å²) >= 11 is 0. The average Bonchev–Trinajstić information content (AvgIpc) is 3.15. The van der Waals surface area contributed by atoms with Crippen molar-refractivity contribution in [3.8, 4) is 11.5 Å². The fourth-order valence-electron chi connectivity index (χ4n) is 2.53. The van der Waals surface area contributed by atoms with Crippen LogP contribution in [0.3, 0.4) is 0 Å². The standard InChI is InChI=1S/C19H20N4O5/c1-11(17(24)23-19(26)20-2)21-13-4-3-5-14(9-13)22-18(25)12-6-7-15-16(8-12)28-10-27-15/h3-9,11,21H,10H2,1-2H3,(H,22,25)(H2,20,23,24,26). The zero-order valence-corrected chi connectivity index (χ0v) is 15.4. The van der Waals surface area contributed by atoms with Crippen molar-refractivity contribution >= 4 is 29.2 Å². The molecule has 4 N–H and O–H groups in total. The maximum atomic E-state index is 12.5. The normalized spacial score (nSPS) is 12.6. The molecule has 0 spiro atoms. The summed E-state index contributed by atoms with van der Waals surface area (Å²) in [5, 5.41) is 10.3. The van der Waals surface area contributed by atoms with Crippen molar-refractivity contribution in [3.05, 3.63) is 48.0 Å². The Labute approximate surface area is 161 Å². The van der Waals surface area contributed by atoms with Gasteiger partial charge in [-0.05, 0) is 43.3 Å². The summed E-state index contributed by atoms with van der Waals surface area (Å²) in [6.07, 6.45) is 0. The average molecular weight is 384 g/mol. The van der Waals surface area contributed by atoms with E-state index < -0.39 is 18.0 Å². The van der Waals surface area contributed by atoms with Crippen LogP contribution in [-0.4, -0.2) is 37.7 Å². The van der Waals surface area contributed by atoms with Gasteiger partial charge in [-0.1, -0.05) is 6.07 Å². The monoisotopic (exact) mass is 384 g/mol. The van der Waals surface area contributed by atoms with E-state index in [1.807, 2.05) is 0 Å². The van der Waals surface area contributed by atoms with Crippen LogP contribution in [0.4, 0.5) is 16.2 Å². The Hall–Kier alpha value is -3.75. The first kappa shape index (κ1) is 19.0. The largest absolute Gasteiger partial charge is 0.454 e. The van der Waals surface area contributed by atoms with Crippen LogP contribution in [0.15, 0.2) is 42.5 Å². The van der Waals surface area contributed by atoms with Crippen LogP contribution in [0.2, 0.25) is 0 Å². The molecule has 1 atom stereocenters. The van der Waals surface area contributed by atoms with E-state index in [-0.39, 0.29) is 12.7 Å². The van der Waals surface area contributed by atoms with Gasteiger partial charge in [-0.25, -0.2) is 4.79 Å². The van der Waals surface area contributed by atoms with Crippen molar-refractivity contribution in [2.45, 2.75) is 13.0 Å². The van der Waals surface area contributed by atoms with Gasteiger partial charge in [0.25, 0.3) is 5.91 Å². The molecule has 9 nitrogen and oxygen atoms in total. The summed E-state index contributed by atoms with van der Waals surface area (Å²) in [4.78, 5) is 35.6. The molecule has 1 aliphatic heterocycles. The fourth-order valence-corrected chi connectivity index (χ4v) is 2.53. The Morgan fingerprint density at radius 1 is 1.00 bits per heavy atom. The molecular weight excluding hydrogens is 364 g/mol. The lowest BCUT2D eigenvalue weighted by Crippen LogP contribution is -2.44. The van der Waals surface area contributed by atoms with E-state index in [2.05, 4.69) is 21.3 Å². The number of carbonyl (C=O) groups is 3. The van der Waals surface area contributed by atoms with E-state index in [0.29, 0.717) is 28.4 Å². The van der Waals surface area contributed by atoms with Crippen molar-refractivity contribution in [1.82, 2.24) is 10.6 Å². The van der Waals surface area contributed by atoms with Gasteiger partial charge in [-0.2, -0.15) is 0 Å². The lowest BCUT2D eigenvalue weighted by Gasteiger charge is -2.15. The van der Waals surface area contributed by atoms with Crippen LogP contribution in [0.25, 0.3) is 0 Å². The molecule has 0 fully saturated rings. The minimum absolute atomic E-state index is 0.139. The highest BCUT2D eigenvalue weighted by atomic mass is 16.7. The van der Waals surface area contributed by atoms with Gasteiger partial charge in [0.1, 0.15) is 6.04 Å². The van der Waals surface area contributed by atoms with Crippen molar-refractivity contribution in [1.29, 1.82) is 0 Å². The van der Waals surface area contributed by atoms with Crippen molar-refractivity contribution in [2.24, 2.45) is 0 Å². The molecule has 28 heavy (non-hydrogen) atoms. The van der Waals surface area contributed by atoms with Gasteiger partial charge in [0.15, 0.2) is 11.5 Å². The smallest absolute Gasteiger partial charge is 0.321 e. The molecular formula is C19H20N4O5. The third-order valence-corrected chi connectivity index (χ3v) is 4.00. The molecule has 1 heterocycles. The number of carbonyl (C=O) groups excluding carboxylic acids is 3. The molecule has 146 valence electrons. The number of urea groups is 1. The number of ether oxygens (including phenoxy) is 2. The lowest BCUT2D eigenvalue weighted by atomic mass is 10.1. The van der Waals surface area contributed by atoms with Crippen molar-refractivity contribution in [3.63, 3.8) is 0 Å². The van der Waals surface area contributed by atoms with Crippen molar-refractivity contribution in [2.75, 3.05) is 24.5 Å². The third kappa shape index (κ3) is 4.50. The Kier molecular flexibility index (Phi) is 5.64. The molecule has 1 aliphatic rings. The van der Waals surface area contributed by atoms with Crippen LogP contribution >= 0.6 is 0 Å². The predicted octanol–water partition coefficient (Wildman–Crippen LogP) is 1.92. The summed E-state index contributed by atoms with van der Waals surface area (Å²) in [5.74, 6) is 0.348. The van der Waals surface area contributed by atoms with Gasteiger partial charge in [0.2, 0.25) is 12.7 Å². The van der Waals surface area contributed by atoms with Gasteiger partial charge in [-0.3, -0.25) is 14.9 Å². The predicted molar refractivity (Wildman–Crippen MR) is 103 cm³/mol. The van der Waals surface area contributed by atoms with E-state index in [0.717, 1.165) is 0 Å². The van der Waals surface area contributed by atoms with E-state index >= 15 is 0 Å². The van der Waals surface area contributed by atoms with Gasteiger partial charge >= 0.3 is 6.03 Å². The van der Waals surface area contributed by atoms with E-state index in [1.54, 1.807) is 49.4 Å². The van der Waals surface area contributed by atoms with Crippen LogP contribution < -0.4 is 30.7 Å². The second-order valence-corrected chi connectivity index (χ2v) is 6.04. The van der Waals surface area contributed by atoms with Crippen LogP contribution in [0.1, 0.15) is 17.3 Å². The van der Waals surface area contributed by atoms with Crippen LogP contribution in [-0.2, 0) is 4.79 Å². The molecule has 0 radical (unpaired) electrons. The molecule has 4 amide bonds. The minimum atomic E-state index is -0.655. The summed E-state index contributed by atoms with van der Waals surface area (Å²) in [6, 6.07) is 10.6. The van der Waals surface area contributed by atoms with Crippen LogP contribution in [0, 0.1) is 0 Å². The first-order chi connectivity index (χ1) is 13.5. The van der Waals surface area contributed by atoms with Gasteiger partial charge in [-0.15, -0.1) is 0 Å². The number of benzene rings is 2. The first-order valence-electron chi connectivity index (χ1n) is 8.56. The number of amides is 4. The topological polar surface area (TPSA) is 118 Å². The fraction of sp³-hybridized carbons (Fsp3) is 0.211. The summed E-state index contributed by atoms with van der Waals surface area (Å²) in [6.45, 7) is 1.76. The second-order valence-electron chi connectivity index (χ2n) is 6.04. The highest BCUT2D eigenvalue weighted by molar-refractivity contribution is 6.05. The first-order valence-corrected chi connectivity index (χ1v) is 8.56. The van der Waals surface area contributed by atoms with Gasteiger partial charge in [0, 0.05) is 24.0 Å². The van der Waals surface area contributed by atoms with E-state index in [9.17, 15) is 14.4 Å². The summed E-state index contributed by atoms with van der Waals surface area (Å²) < 4.78 is 10.5. The van der Waals surface area contributed by atoms with E-state index in [1.165, 1.54) is 7.05 Å². The van der Waals surface area contributed by atoms with Gasteiger partial charge < -0.3 is 25.4 Å². The summed E-state index contributed by atoms with van der Waals surface area (Å²) in [5.41, 5.74) is 1.59. The van der Waals surface area contributed by atoms with Gasteiger partial charge in [0.05, 0.1) is 0 Å². The zero-order chi connectivity index (χ0) is 20.1. The molecule has 2 aromatic rings.